The van der Waals surface area contributed by atoms with Crippen LogP contribution in [0.3, 0.4) is 0 Å². The van der Waals surface area contributed by atoms with Gasteiger partial charge in [-0.3, -0.25) is 4.79 Å². The number of aliphatic hydroxyl groups excluding tert-OH is 1. The van der Waals surface area contributed by atoms with Crippen molar-refractivity contribution in [3.63, 3.8) is 0 Å². The van der Waals surface area contributed by atoms with Crippen molar-refractivity contribution in [2.45, 2.75) is 6.92 Å². The number of hydrogen-bond acceptors (Lipinski definition) is 3. The molecule has 52 valence electrons. The Morgan fingerprint density at radius 3 is 2.78 bits per heavy atom. The molecule has 0 aromatic rings. The normalized spacial score (nSPS) is 12.2. The maximum absolute atomic E-state index is 9.79. The number of allylic oxidation sites excluding steroid dienone is 1. The van der Waals surface area contributed by atoms with Crippen LogP contribution in [0.5, 0.6) is 0 Å². The second kappa shape index (κ2) is 4.21. The smallest absolute Gasteiger partial charge is 0.299 e. The van der Waals surface area contributed by atoms with Gasteiger partial charge in [-0.1, -0.05) is 11.6 Å². The lowest BCUT2D eigenvalue weighted by atomic mass is 10.6. The molecule has 0 fully saturated rings. The van der Waals surface area contributed by atoms with Crippen molar-refractivity contribution in [2.75, 3.05) is 6.61 Å². The first-order valence-corrected chi connectivity index (χ1v) is 2.76. The number of halogens is 1. The summed E-state index contributed by atoms with van der Waals surface area (Å²) in [5.74, 6) is -0.519. The lowest BCUT2D eigenvalue weighted by Crippen LogP contribution is -1.92. The Kier molecular flexibility index (Phi) is 3.88. The van der Waals surface area contributed by atoms with E-state index in [9.17, 15) is 4.79 Å². The van der Waals surface area contributed by atoms with Crippen molar-refractivity contribution in [1.29, 1.82) is 0 Å². The molecule has 0 aromatic carbocycles. The Morgan fingerprint density at radius 2 is 2.44 bits per heavy atom. The van der Waals surface area contributed by atoms with Crippen molar-refractivity contribution in [1.82, 2.24) is 0 Å². The van der Waals surface area contributed by atoms with Crippen LogP contribution in [0, 0.1) is 0 Å². The minimum atomic E-state index is -0.519. The van der Waals surface area contributed by atoms with Gasteiger partial charge in [-0.05, 0) is 6.92 Å². The SMILES string of the molecule is CCO/C(O)=C(\Cl)C=O. The number of ether oxygens (including phenoxy) is 1. The number of carbonyl (C=O) groups is 1. The molecule has 1 N–H and O–H groups in total. The maximum Gasteiger partial charge on any atom is 0.299 e. The zero-order valence-corrected chi connectivity index (χ0v) is 5.68. The molecule has 0 radical (unpaired) electrons. The molecular weight excluding hydrogens is 144 g/mol. The van der Waals surface area contributed by atoms with Crippen LogP contribution < -0.4 is 0 Å². The standard InChI is InChI=1S/C5H7ClO3/c1-2-9-5(8)4(6)3-7/h3,8H,2H2,1H3/b5-4-. The fourth-order valence-electron chi connectivity index (χ4n) is 0.256. The van der Waals surface area contributed by atoms with Gasteiger partial charge in [-0.15, -0.1) is 0 Å². The molecule has 0 aliphatic heterocycles. The summed E-state index contributed by atoms with van der Waals surface area (Å²) in [5, 5.41) is 8.30. The predicted molar refractivity (Wildman–Crippen MR) is 33.2 cm³/mol. The summed E-state index contributed by atoms with van der Waals surface area (Å²) in [6.07, 6.45) is 0.312. The third-order valence-electron chi connectivity index (χ3n) is 0.589. The largest absolute Gasteiger partial charge is 0.480 e. The molecule has 0 rings (SSSR count). The molecule has 0 aliphatic rings. The topological polar surface area (TPSA) is 46.5 Å². The van der Waals surface area contributed by atoms with Crippen LogP contribution in [-0.4, -0.2) is 18.0 Å². The van der Waals surface area contributed by atoms with Crippen LogP contribution in [-0.2, 0) is 9.53 Å². The lowest BCUT2D eigenvalue weighted by molar-refractivity contribution is -0.104. The van der Waals surface area contributed by atoms with Crippen molar-refractivity contribution in [2.24, 2.45) is 0 Å². The average Bonchev–Trinajstić information content (AvgIpc) is 1.87. The second-order valence-electron chi connectivity index (χ2n) is 1.20. The first-order valence-electron chi connectivity index (χ1n) is 2.39. The number of aliphatic hydroxyl groups is 1. The van der Waals surface area contributed by atoms with Crippen LogP contribution in [0.1, 0.15) is 6.92 Å². The molecule has 0 aliphatic carbocycles. The summed E-state index contributed by atoms with van der Waals surface area (Å²) in [6.45, 7) is 1.96. The van der Waals surface area contributed by atoms with Gasteiger partial charge in [-0.2, -0.15) is 0 Å². The first kappa shape index (κ1) is 8.30. The highest BCUT2D eigenvalue weighted by molar-refractivity contribution is 6.38. The fourth-order valence-corrected chi connectivity index (χ4v) is 0.311. The highest BCUT2D eigenvalue weighted by Crippen LogP contribution is 2.03. The monoisotopic (exact) mass is 150 g/mol. The van der Waals surface area contributed by atoms with Crippen LogP contribution in [0.25, 0.3) is 0 Å². The quantitative estimate of drug-likeness (QED) is 0.374. The van der Waals surface area contributed by atoms with Gasteiger partial charge in [-0.25, -0.2) is 0 Å². The predicted octanol–water partition coefficient (Wildman–Crippen LogP) is 1.19. The Balaban J connectivity index is 3.93. The van der Waals surface area contributed by atoms with E-state index in [-0.39, 0.29) is 11.6 Å². The summed E-state index contributed by atoms with van der Waals surface area (Å²) < 4.78 is 4.47. The fraction of sp³-hybridized carbons (Fsp3) is 0.400. The Labute approximate surface area is 57.9 Å². The van der Waals surface area contributed by atoms with E-state index in [0.29, 0.717) is 6.29 Å². The summed E-state index contributed by atoms with van der Waals surface area (Å²) in [4.78, 5) is 9.79. The molecule has 0 heterocycles. The maximum atomic E-state index is 9.79. The number of rotatable bonds is 3. The summed E-state index contributed by atoms with van der Waals surface area (Å²) in [5.41, 5.74) is 0. The average molecular weight is 151 g/mol. The molecule has 0 saturated carbocycles. The first-order chi connectivity index (χ1) is 4.22. The Morgan fingerprint density at radius 1 is 1.89 bits per heavy atom. The highest BCUT2D eigenvalue weighted by atomic mass is 35.5. The summed E-state index contributed by atoms with van der Waals surface area (Å²) in [7, 11) is 0. The Hall–Kier alpha value is -0.700. The molecule has 0 unspecified atom stereocenters. The second-order valence-corrected chi connectivity index (χ2v) is 1.61. The molecule has 3 nitrogen and oxygen atoms in total. The third-order valence-corrected chi connectivity index (χ3v) is 0.840. The van der Waals surface area contributed by atoms with Gasteiger partial charge < -0.3 is 9.84 Å². The van der Waals surface area contributed by atoms with E-state index >= 15 is 0 Å². The summed E-state index contributed by atoms with van der Waals surface area (Å²) >= 11 is 5.13. The number of aldehydes is 1. The van der Waals surface area contributed by atoms with Gasteiger partial charge in [0.15, 0.2) is 11.3 Å². The van der Waals surface area contributed by atoms with E-state index in [2.05, 4.69) is 4.74 Å². The lowest BCUT2D eigenvalue weighted by Gasteiger charge is -1.98. The van der Waals surface area contributed by atoms with Crippen LogP contribution in [0.4, 0.5) is 0 Å². The molecular formula is C5H7ClO3. The van der Waals surface area contributed by atoms with Gasteiger partial charge in [0, 0.05) is 0 Å². The van der Waals surface area contributed by atoms with E-state index in [0.717, 1.165) is 0 Å². The van der Waals surface area contributed by atoms with E-state index in [4.69, 9.17) is 16.7 Å². The highest BCUT2D eigenvalue weighted by Gasteiger charge is 1.99. The van der Waals surface area contributed by atoms with Crippen molar-refractivity contribution in [3.05, 3.63) is 11.0 Å². The summed E-state index contributed by atoms with van der Waals surface area (Å²) in [6, 6.07) is 0. The van der Waals surface area contributed by atoms with Crippen molar-refractivity contribution < 1.29 is 14.6 Å². The molecule has 9 heavy (non-hydrogen) atoms. The van der Waals surface area contributed by atoms with E-state index in [1.165, 1.54) is 0 Å². The van der Waals surface area contributed by atoms with Crippen molar-refractivity contribution >= 4 is 17.9 Å². The molecule has 0 saturated heterocycles. The van der Waals surface area contributed by atoms with Crippen LogP contribution in [0.2, 0.25) is 0 Å². The van der Waals surface area contributed by atoms with Crippen LogP contribution in [0.15, 0.2) is 11.0 Å². The van der Waals surface area contributed by atoms with E-state index in [1.54, 1.807) is 6.92 Å². The van der Waals surface area contributed by atoms with Crippen molar-refractivity contribution in [3.8, 4) is 0 Å². The van der Waals surface area contributed by atoms with Gasteiger partial charge in [0.25, 0.3) is 5.95 Å². The van der Waals surface area contributed by atoms with Gasteiger partial charge in [0.05, 0.1) is 6.61 Å². The van der Waals surface area contributed by atoms with Gasteiger partial charge in [0.2, 0.25) is 0 Å². The molecule has 0 bridgehead atoms. The minimum Gasteiger partial charge on any atom is -0.480 e. The van der Waals surface area contributed by atoms with Gasteiger partial charge >= 0.3 is 0 Å². The molecule has 0 amide bonds. The van der Waals surface area contributed by atoms with Crippen LogP contribution >= 0.6 is 11.6 Å². The molecule has 4 heteroatoms. The molecule has 0 atom stereocenters. The zero-order chi connectivity index (χ0) is 7.28. The molecule has 0 aromatic heterocycles. The van der Waals surface area contributed by atoms with Gasteiger partial charge in [0.1, 0.15) is 0 Å². The van der Waals surface area contributed by atoms with E-state index in [1.807, 2.05) is 0 Å². The van der Waals surface area contributed by atoms with E-state index < -0.39 is 5.95 Å². The number of hydrogen-bond donors (Lipinski definition) is 1. The third kappa shape index (κ3) is 2.98. The number of carbonyl (C=O) groups excluding carboxylic acids is 1. The molecule has 0 spiro atoms. The Bertz CT molecular complexity index is 130. The minimum absolute atomic E-state index is 0.288. The zero-order valence-electron chi connectivity index (χ0n) is 4.93.